The fourth-order valence-electron chi connectivity index (χ4n) is 3.47. The Morgan fingerprint density at radius 1 is 1.09 bits per heavy atom. The molecule has 3 N–H and O–H groups in total. The lowest BCUT2D eigenvalue weighted by atomic mass is 10.1. The Bertz CT molecular complexity index is 1250. The van der Waals surface area contributed by atoms with E-state index in [-0.39, 0.29) is 35.6 Å². The Balaban J connectivity index is 1.94. The maximum Gasteiger partial charge on any atom is 0.330 e. The molecule has 0 spiro atoms. The number of rotatable bonds is 8. The van der Waals surface area contributed by atoms with E-state index in [9.17, 15) is 14.4 Å². The Morgan fingerprint density at radius 2 is 1.79 bits per heavy atom. The van der Waals surface area contributed by atoms with Gasteiger partial charge in [0.25, 0.3) is 5.56 Å². The molecule has 0 bridgehead atoms. The van der Waals surface area contributed by atoms with E-state index in [4.69, 9.17) is 5.73 Å². The number of hydrogen-bond donors (Lipinski definition) is 2. The minimum absolute atomic E-state index is 0.0159. The molecule has 33 heavy (non-hydrogen) atoms. The van der Waals surface area contributed by atoms with Gasteiger partial charge in [0.15, 0.2) is 5.69 Å². The number of benzene rings is 2. The fraction of sp³-hybridized carbons (Fsp3) is 0.320. The largest absolute Gasteiger partial charge is 0.383 e. The van der Waals surface area contributed by atoms with Crippen LogP contribution in [0.3, 0.4) is 0 Å². The molecule has 0 aliphatic heterocycles. The van der Waals surface area contributed by atoms with Gasteiger partial charge in [-0.2, -0.15) is 0 Å². The molecule has 1 heterocycles. The van der Waals surface area contributed by atoms with E-state index < -0.39 is 11.2 Å². The van der Waals surface area contributed by atoms with Crippen LogP contribution in [0.25, 0.3) is 0 Å². The van der Waals surface area contributed by atoms with Crippen molar-refractivity contribution in [3.05, 3.63) is 86.1 Å². The van der Waals surface area contributed by atoms with Crippen LogP contribution in [-0.2, 0) is 11.3 Å². The van der Waals surface area contributed by atoms with Gasteiger partial charge in [-0.1, -0.05) is 50.2 Å². The summed E-state index contributed by atoms with van der Waals surface area (Å²) < 4.78 is 1.29. The number of aromatic amines is 1. The van der Waals surface area contributed by atoms with Gasteiger partial charge in [0.1, 0.15) is 5.82 Å². The number of H-pyrrole nitrogens is 1. The third kappa shape index (κ3) is 5.96. The summed E-state index contributed by atoms with van der Waals surface area (Å²) in [6.07, 6.45) is 0. The van der Waals surface area contributed by atoms with Gasteiger partial charge in [0, 0.05) is 11.4 Å². The highest BCUT2D eigenvalue weighted by Crippen LogP contribution is 2.24. The van der Waals surface area contributed by atoms with Crippen LogP contribution in [0, 0.1) is 19.8 Å². The zero-order valence-electron chi connectivity index (χ0n) is 19.4. The van der Waals surface area contributed by atoms with Crippen molar-refractivity contribution in [2.45, 2.75) is 39.1 Å². The maximum absolute atomic E-state index is 13.3. The van der Waals surface area contributed by atoms with Crippen LogP contribution in [0.15, 0.2) is 63.0 Å². The first kappa shape index (κ1) is 24.4. The molecule has 7 nitrogen and oxygen atoms in total. The number of nitrogen functional groups attached to an aromatic ring is 1. The Hall–Kier alpha value is -3.26. The minimum Gasteiger partial charge on any atom is -0.383 e. The van der Waals surface area contributed by atoms with Crippen LogP contribution in [0.1, 0.15) is 30.5 Å². The summed E-state index contributed by atoms with van der Waals surface area (Å²) >= 11 is 1.41. The quantitative estimate of drug-likeness (QED) is 0.494. The number of aryl methyl sites for hydroxylation is 2. The number of hydrogen-bond acceptors (Lipinski definition) is 5. The van der Waals surface area contributed by atoms with Gasteiger partial charge in [0.05, 0.1) is 12.3 Å². The highest BCUT2D eigenvalue weighted by atomic mass is 32.2. The van der Waals surface area contributed by atoms with Gasteiger partial charge in [-0.3, -0.25) is 19.1 Å². The number of carbonyl (C=O) groups excluding carboxylic acids is 1. The summed E-state index contributed by atoms with van der Waals surface area (Å²) in [7, 11) is 0. The molecule has 1 aromatic heterocycles. The molecule has 0 atom stereocenters. The molecule has 3 aromatic rings. The molecular weight excluding hydrogens is 436 g/mol. The smallest absolute Gasteiger partial charge is 0.330 e. The van der Waals surface area contributed by atoms with Crippen molar-refractivity contribution >= 4 is 29.2 Å². The zero-order valence-corrected chi connectivity index (χ0v) is 20.2. The predicted octanol–water partition coefficient (Wildman–Crippen LogP) is 3.57. The summed E-state index contributed by atoms with van der Waals surface area (Å²) in [5.41, 5.74) is 8.28. The molecule has 0 radical (unpaired) electrons. The molecule has 2 aromatic carbocycles. The highest BCUT2D eigenvalue weighted by molar-refractivity contribution is 8.00. The number of thioether (sulfide) groups is 1. The second kappa shape index (κ2) is 10.6. The number of nitrogens with zero attached hydrogens (tertiary/aromatic N) is 2. The van der Waals surface area contributed by atoms with Crippen LogP contribution in [0.2, 0.25) is 0 Å². The molecule has 3 rings (SSSR count). The van der Waals surface area contributed by atoms with Crippen LogP contribution >= 0.6 is 11.8 Å². The fourth-order valence-corrected chi connectivity index (χ4v) is 4.34. The molecular formula is C25H30N4O3S. The van der Waals surface area contributed by atoms with E-state index in [0.717, 1.165) is 16.0 Å². The molecule has 174 valence electrons. The van der Waals surface area contributed by atoms with E-state index in [1.54, 1.807) is 0 Å². The lowest BCUT2D eigenvalue weighted by Crippen LogP contribution is -2.43. The number of nitrogens with one attached hydrogen (secondary N) is 1. The number of amides is 1. The lowest BCUT2D eigenvalue weighted by molar-refractivity contribution is -0.116. The van der Waals surface area contributed by atoms with Gasteiger partial charge in [-0.05, 0) is 48.6 Å². The first-order valence-electron chi connectivity index (χ1n) is 10.8. The molecule has 1 amide bonds. The minimum atomic E-state index is -0.660. The summed E-state index contributed by atoms with van der Waals surface area (Å²) in [5, 5.41) is 0. The highest BCUT2D eigenvalue weighted by Gasteiger charge is 2.25. The van der Waals surface area contributed by atoms with E-state index in [0.29, 0.717) is 6.54 Å². The van der Waals surface area contributed by atoms with Crippen LogP contribution in [0.5, 0.6) is 0 Å². The number of carbonyl (C=O) groups is 1. The van der Waals surface area contributed by atoms with Gasteiger partial charge >= 0.3 is 5.69 Å². The normalized spacial score (nSPS) is 11.1. The predicted molar refractivity (Wildman–Crippen MR) is 135 cm³/mol. The first-order valence-corrected chi connectivity index (χ1v) is 11.8. The van der Waals surface area contributed by atoms with E-state index >= 15 is 0 Å². The van der Waals surface area contributed by atoms with Crippen LogP contribution in [-0.4, -0.2) is 27.8 Å². The second-order valence-corrected chi connectivity index (χ2v) is 9.55. The van der Waals surface area contributed by atoms with Crippen molar-refractivity contribution in [2.75, 3.05) is 22.9 Å². The second-order valence-electron chi connectivity index (χ2n) is 8.50. The van der Waals surface area contributed by atoms with Gasteiger partial charge < -0.3 is 10.6 Å². The molecule has 0 aliphatic rings. The topological polar surface area (TPSA) is 101 Å². The van der Waals surface area contributed by atoms with Crippen molar-refractivity contribution in [3.63, 3.8) is 0 Å². The number of aromatic nitrogens is 2. The summed E-state index contributed by atoms with van der Waals surface area (Å²) in [6, 6.07) is 15.4. The van der Waals surface area contributed by atoms with Crippen molar-refractivity contribution in [3.8, 4) is 0 Å². The molecule has 0 saturated heterocycles. The third-order valence-corrected chi connectivity index (χ3v) is 6.34. The Morgan fingerprint density at radius 3 is 2.42 bits per heavy atom. The standard InChI is InChI=1S/C25H30N4O3S/c1-16(2)13-28(21(30)15-33-20-11-10-17(3)18(4)12-20)22-23(26)29(25(32)27-24(22)31)14-19-8-6-5-7-9-19/h5-12,16H,13-15,26H2,1-4H3,(H,27,31,32). The molecule has 0 saturated carbocycles. The van der Waals surface area contributed by atoms with Crippen LogP contribution < -0.4 is 21.9 Å². The summed E-state index contributed by atoms with van der Waals surface area (Å²) in [6.45, 7) is 8.49. The Kier molecular flexibility index (Phi) is 7.81. The van der Waals surface area contributed by atoms with Crippen molar-refractivity contribution < 1.29 is 4.79 Å². The van der Waals surface area contributed by atoms with Gasteiger partial charge in [0.2, 0.25) is 5.91 Å². The molecule has 8 heteroatoms. The number of nitrogens with two attached hydrogens (primary N) is 1. The van der Waals surface area contributed by atoms with E-state index in [1.807, 2.05) is 76.2 Å². The summed E-state index contributed by atoms with van der Waals surface area (Å²) in [4.78, 5) is 43.3. The average Bonchev–Trinajstić information content (AvgIpc) is 2.77. The number of anilines is 2. The van der Waals surface area contributed by atoms with Crippen LogP contribution in [0.4, 0.5) is 11.5 Å². The maximum atomic E-state index is 13.3. The van der Waals surface area contributed by atoms with Crippen molar-refractivity contribution in [1.82, 2.24) is 9.55 Å². The average molecular weight is 467 g/mol. The SMILES string of the molecule is Cc1ccc(SCC(=O)N(CC(C)C)c2c(N)n(Cc3ccccc3)c(=O)[nH]c2=O)cc1C. The third-order valence-electron chi connectivity index (χ3n) is 5.36. The van der Waals surface area contributed by atoms with Crippen molar-refractivity contribution in [1.29, 1.82) is 0 Å². The molecule has 0 aliphatic carbocycles. The monoisotopic (exact) mass is 466 g/mol. The van der Waals surface area contributed by atoms with Gasteiger partial charge in [-0.15, -0.1) is 11.8 Å². The first-order chi connectivity index (χ1) is 15.7. The lowest BCUT2D eigenvalue weighted by Gasteiger charge is -2.26. The van der Waals surface area contributed by atoms with Gasteiger partial charge in [-0.25, -0.2) is 4.79 Å². The van der Waals surface area contributed by atoms with E-state index in [1.165, 1.54) is 26.8 Å². The zero-order chi connectivity index (χ0) is 24.1. The van der Waals surface area contributed by atoms with E-state index in [2.05, 4.69) is 4.98 Å². The molecule has 0 unspecified atom stereocenters. The Labute approximate surface area is 197 Å². The van der Waals surface area contributed by atoms with Crippen molar-refractivity contribution in [2.24, 2.45) is 5.92 Å². The summed E-state index contributed by atoms with van der Waals surface area (Å²) in [5.74, 6) is -0.0213. The molecule has 0 fully saturated rings.